The summed E-state index contributed by atoms with van der Waals surface area (Å²) in [5.41, 5.74) is -0.878. The normalized spacial score (nSPS) is 35.3. The molecule has 2 aliphatic heterocycles. The average molecular weight is 303 g/mol. The van der Waals surface area contributed by atoms with Crippen molar-refractivity contribution in [1.29, 1.82) is 0 Å². The van der Waals surface area contributed by atoms with Crippen molar-refractivity contribution in [3.05, 3.63) is 18.2 Å². The summed E-state index contributed by atoms with van der Waals surface area (Å²) in [7, 11) is 1.93. The number of aryl methyl sites for hydroxylation is 1. The molecule has 1 aliphatic carbocycles. The maximum atomic E-state index is 12.8. The number of rotatable bonds is 2. The molecule has 1 amide bonds. The molecular weight excluding hydrogens is 278 g/mol. The molecule has 1 aromatic rings. The molecule has 4 rings (SSSR count). The van der Waals surface area contributed by atoms with Gasteiger partial charge in [-0.25, -0.2) is 4.98 Å². The number of carbonyl (C=O) groups is 1. The lowest BCUT2D eigenvalue weighted by Crippen LogP contribution is -2.53. The highest BCUT2D eigenvalue weighted by atomic mass is 16.3. The van der Waals surface area contributed by atoms with Gasteiger partial charge >= 0.3 is 0 Å². The second-order valence-corrected chi connectivity index (χ2v) is 7.41. The first-order valence-electron chi connectivity index (χ1n) is 8.61. The molecule has 3 fully saturated rings. The van der Waals surface area contributed by atoms with Crippen molar-refractivity contribution in [1.82, 2.24) is 14.5 Å². The van der Waals surface area contributed by atoms with Crippen LogP contribution in [0.2, 0.25) is 0 Å². The van der Waals surface area contributed by atoms with Gasteiger partial charge in [0.15, 0.2) is 0 Å². The largest absolute Gasteiger partial charge is 0.382 e. The Morgan fingerprint density at radius 3 is 2.41 bits per heavy atom. The minimum Gasteiger partial charge on any atom is -0.382 e. The molecule has 2 bridgehead atoms. The molecule has 3 heterocycles. The van der Waals surface area contributed by atoms with Crippen LogP contribution in [-0.4, -0.2) is 37.5 Å². The van der Waals surface area contributed by atoms with Gasteiger partial charge in [-0.15, -0.1) is 0 Å². The van der Waals surface area contributed by atoms with Crippen molar-refractivity contribution in [2.45, 2.75) is 69.1 Å². The summed E-state index contributed by atoms with van der Waals surface area (Å²) in [6, 6.07) is 0.377. The Hall–Kier alpha value is -1.36. The van der Waals surface area contributed by atoms with Gasteiger partial charge in [0.2, 0.25) is 5.91 Å². The smallest absolute Gasteiger partial charge is 0.226 e. The Balaban J connectivity index is 1.57. The Morgan fingerprint density at radius 2 is 1.86 bits per heavy atom. The van der Waals surface area contributed by atoms with Crippen molar-refractivity contribution in [2.24, 2.45) is 13.0 Å². The van der Waals surface area contributed by atoms with E-state index in [2.05, 4.69) is 9.88 Å². The summed E-state index contributed by atoms with van der Waals surface area (Å²) in [4.78, 5) is 19.3. The number of piperidine rings is 1. The lowest BCUT2D eigenvalue weighted by Gasteiger charge is -2.44. The minimum atomic E-state index is -0.878. The van der Waals surface area contributed by atoms with Crippen LogP contribution in [0.5, 0.6) is 0 Å². The average Bonchev–Trinajstić information content (AvgIpc) is 3.19. The van der Waals surface area contributed by atoms with E-state index in [0.717, 1.165) is 31.5 Å². The van der Waals surface area contributed by atoms with E-state index in [9.17, 15) is 9.90 Å². The predicted molar refractivity (Wildman–Crippen MR) is 82.0 cm³/mol. The summed E-state index contributed by atoms with van der Waals surface area (Å²) in [5.74, 6) is 1.34. The minimum absolute atomic E-state index is 0.188. The summed E-state index contributed by atoms with van der Waals surface area (Å²) in [6.07, 6.45) is 11.4. The van der Waals surface area contributed by atoms with Crippen LogP contribution >= 0.6 is 0 Å². The molecular formula is C17H25N3O2. The van der Waals surface area contributed by atoms with E-state index < -0.39 is 5.60 Å². The van der Waals surface area contributed by atoms with E-state index in [1.165, 1.54) is 12.8 Å². The van der Waals surface area contributed by atoms with Crippen LogP contribution < -0.4 is 0 Å². The number of nitrogens with zero attached hydrogens (tertiary/aromatic N) is 3. The van der Waals surface area contributed by atoms with Gasteiger partial charge in [-0.3, -0.25) is 4.79 Å². The van der Waals surface area contributed by atoms with Crippen LogP contribution in [0.15, 0.2) is 12.4 Å². The number of carbonyl (C=O) groups excluding carboxylic acids is 1. The van der Waals surface area contributed by atoms with E-state index in [1.54, 1.807) is 6.20 Å². The summed E-state index contributed by atoms with van der Waals surface area (Å²) in [5, 5.41) is 11.1. The van der Waals surface area contributed by atoms with Crippen LogP contribution in [0.4, 0.5) is 0 Å². The molecule has 5 nitrogen and oxygen atoms in total. The fourth-order valence-electron chi connectivity index (χ4n) is 4.96. The second kappa shape index (κ2) is 5.08. The quantitative estimate of drug-likeness (QED) is 0.908. The summed E-state index contributed by atoms with van der Waals surface area (Å²) in [6.45, 7) is 0. The zero-order valence-corrected chi connectivity index (χ0v) is 13.2. The predicted octanol–water partition coefficient (Wildman–Crippen LogP) is 1.95. The number of aromatic nitrogens is 2. The molecule has 0 spiro atoms. The SMILES string of the molecule is Cn1ccnc1C1(O)CC2CCC(C1)N2C(=O)C1CCCC1. The molecule has 2 atom stereocenters. The van der Waals surface area contributed by atoms with Crippen molar-refractivity contribution in [3.63, 3.8) is 0 Å². The lowest BCUT2D eigenvalue weighted by molar-refractivity contribution is -0.146. The molecule has 2 unspecified atom stereocenters. The van der Waals surface area contributed by atoms with E-state index in [0.29, 0.717) is 18.7 Å². The molecule has 3 aliphatic rings. The Labute approximate surface area is 131 Å². The number of hydrogen-bond donors (Lipinski definition) is 1. The molecule has 2 saturated heterocycles. The third-order valence-electron chi connectivity index (χ3n) is 5.96. The number of hydrogen-bond acceptors (Lipinski definition) is 3. The van der Waals surface area contributed by atoms with Crippen molar-refractivity contribution >= 4 is 5.91 Å². The highest BCUT2D eigenvalue weighted by molar-refractivity contribution is 5.80. The van der Waals surface area contributed by atoms with Gasteiger partial charge in [-0.05, 0) is 25.7 Å². The van der Waals surface area contributed by atoms with Crippen LogP contribution in [0.1, 0.15) is 57.2 Å². The Kier molecular flexibility index (Phi) is 3.29. The summed E-state index contributed by atoms with van der Waals surface area (Å²) >= 11 is 0. The molecule has 120 valence electrons. The lowest BCUT2D eigenvalue weighted by atomic mass is 9.84. The molecule has 1 aromatic heterocycles. The molecule has 1 saturated carbocycles. The van der Waals surface area contributed by atoms with Crippen LogP contribution in [0.3, 0.4) is 0 Å². The van der Waals surface area contributed by atoms with Gasteiger partial charge in [0.25, 0.3) is 0 Å². The van der Waals surface area contributed by atoms with Crippen LogP contribution in [-0.2, 0) is 17.4 Å². The zero-order chi connectivity index (χ0) is 15.3. The van der Waals surface area contributed by atoms with Gasteiger partial charge in [-0.2, -0.15) is 0 Å². The first-order valence-corrected chi connectivity index (χ1v) is 8.61. The maximum absolute atomic E-state index is 12.8. The fraction of sp³-hybridized carbons (Fsp3) is 0.765. The Bertz CT molecular complexity index is 562. The first kappa shape index (κ1) is 14.2. The van der Waals surface area contributed by atoms with Gasteiger partial charge in [0, 0.05) is 50.3 Å². The Morgan fingerprint density at radius 1 is 1.23 bits per heavy atom. The van der Waals surface area contributed by atoms with E-state index in [1.807, 2.05) is 17.8 Å². The van der Waals surface area contributed by atoms with Crippen LogP contribution in [0.25, 0.3) is 0 Å². The number of imidazole rings is 1. The van der Waals surface area contributed by atoms with Crippen molar-refractivity contribution in [3.8, 4) is 0 Å². The zero-order valence-electron chi connectivity index (χ0n) is 13.2. The van der Waals surface area contributed by atoms with Gasteiger partial charge in [-0.1, -0.05) is 12.8 Å². The number of aliphatic hydroxyl groups is 1. The maximum Gasteiger partial charge on any atom is 0.226 e. The molecule has 0 aromatic carbocycles. The molecule has 0 radical (unpaired) electrons. The molecule has 5 heteroatoms. The van der Waals surface area contributed by atoms with Gasteiger partial charge in [0.1, 0.15) is 11.4 Å². The van der Waals surface area contributed by atoms with Gasteiger partial charge < -0.3 is 14.6 Å². The van der Waals surface area contributed by atoms with E-state index in [4.69, 9.17) is 0 Å². The van der Waals surface area contributed by atoms with E-state index >= 15 is 0 Å². The van der Waals surface area contributed by atoms with Crippen LogP contribution in [0, 0.1) is 5.92 Å². The highest BCUT2D eigenvalue weighted by Crippen LogP contribution is 2.46. The molecule has 1 N–H and O–H groups in total. The standard InChI is InChI=1S/C17H25N3O2/c1-19-9-8-18-16(19)17(22)10-13-6-7-14(11-17)20(13)15(21)12-4-2-3-5-12/h8-9,12-14,22H,2-7,10-11H2,1H3. The monoisotopic (exact) mass is 303 g/mol. The van der Waals surface area contributed by atoms with Gasteiger partial charge in [0.05, 0.1) is 0 Å². The summed E-state index contributed by atoms with van der Waals surface area (Å²) < 4.78 is 1.91. The second-order valence-electron chi connectivity index (χ2n) is 7.41. The van der Waals surface area contributed by atoms with Crippen molar-refractivity contribution in [2.75, 3.05) is 0 Å². The number of amides is 1. The third-order valence-corrected chi connectivity index (χ3v) is 5.96. The fourth-order valence-corrected chi connectivity index (χ4v) is 4.96. The van der Waals surface area contributed by atoms with Crippen molar-refractivity contribution < 1.29 is 9.90 Å². The van der Waals surface area contributed by atoms with E-state index in [-0.39, 0.29) is 18.0 Å². The first-order chi connectivity index (χ1) is 10.6. The number of fused-ring (bicyclic) bond motifs is 2. The third kappa shape index (κ3) is 2.09. The highest BCUT2D eigenvalue weighted by Gasteiger charge is 2.52. The topological polar surface area (TPSA) is 58.4 Å². The molecule has 22 heavy (non-hydrogen) atoms.